The molecule has 0 amide bonds. The van der Waals surface area contributed by atoms with Crippen LogP contribution in [0.15, 0.2) is 34.1 Å². The van der Waals surface area contributed by atoms with Crippen LogP contribution in [0.3, 0.4) is 0 Å². The van der Waals surface area contributed by atoms with Gasteiger partial charge < -0.3 is 0 Å². The lowest BCUT2D eigenvalue weighted by molar-refractivity contribution is 1.45. The molecule has 1 aromatic rings. The van der Waals surface area contributed by atoms with Crippen molar-refractivity contribution in [2.75, 3.05) is 0 Å². The van der Waals surface area contributed by atoms with Crippen molar-refractivity contribution >= 4 is 35.0 Å². The number of hydrogen-bond acceptors (Lipinski definition) is 2. The van der Waals surface area contributed by atoms with Crippen LogP contribution in [0.4, 0.5) is 0 Å². The second-order valence-corrected chi connectivity index (χ2v) is 4.28. The molecule has 1 aromatic carbocycles. The van der Waals surface area contributed by atoms with Gasteiger partial charge in [-0.1, -0.05) is 41.0 Å². The molecule has 0 atom stereocenters. The van der Waals surface area contributed by atoms with E-state index in [2.05, 4.69) is 0 Å². The van der Waals surface area contributed by atoms with Crippen molar-refractivity contribution in [1.82, 2.24) is 0 Å². The second-order valence-electron chi connectivity index (χ2n) is 2.58. The van der Waals surface area contributed by atoms with Crippen LogP contribution in [-0.4, -0.2) is 0 Å². The molecule has 1 nitrogen and oxygen atoms in total. The van der Waals surface area contributed by atoms with Crippen molar-refractivity contribution in [3.63, 3.8) is 0 Å². The maximum Gasteiger partial charge on any atom is 0.0949 e. The van der Waals surface area contributed by atoms with Crippen LogP contribution in [0, 0.1) is 11.3 Å². The van der Waals surface area contributed by atoms with E-state index in [4.69, 9.17) is 28.5 Å². The Hall–Kier alpha value is -0.620. The predicted octanol–water partition coefficient (Wildman–Crippen LogP) is 4.51. The van der Waals surface area contributed by atoms with Crippen LogP contribution in [0.5, 0.6) is 0 Å². The molecule has 0 saturated carbocycles. The summed E-state index contributed by atoms with van der Waals surface area (Å²) in [5.74, 6) is 0. The molecule has 0 spiro atoms. The van der Waals surface area contributed by atoms with Crippen molar-refractivity contribution in [3.8, 4) is 6.07 Å². The molecule has 72 valence electrons. The topological polar surface area (TPSA) is 23.8 Å². The van der Waals surface area contributed by atoms with E-state index in [1.165, 1.54) is 11.8 Å². The number of rotatable bonds is 2. The number of allylic oxidation sites excluding steroid dienone is 1. The smallest absolute Gasteiger partial charge is 0.0949 e. The Kier molecular flexibility index (Phi) is 4.34. The summed E-state index contributed by atoms with van der Waals surface area (Å²) < 4.78 is 0. The first kappa shape index (κ1) is 11.5. The van der Waals surface area contributed by atoms with E-state index in [0.29, 0.717) is 15.6 Å². The van der Waals surface area contributed by atoms with E-state index in [1.807, 2.05) is 18.2 Å². The van der Waals surface area contributed by atoms with E-state index in [9.17, 15) is 0 Å². The number of benzene rings is 1. The average molecular weight is 244 g/mol. The van der Waals surface area contributed by atoms with E-state index < -0.39 is 0 Å². The molecule has 0 aliphatic rings. The first-order valence-corrected chi connectivity index (χ1v) is 5.46. The summed E-state index contributed by atoms with van der Waals surface area (Å²) in [5, 5.41) is 11.3. The molecular weight excluding hydrogens is 237 g/mol. The molecular formula is C10H7Cl2NS. The van der Waals surface area contributed by atoms with Crippen LogP contribution in [0.2, 0.25) is 10.0 Å². The standard InChI is InChI=1S/C10H7Cl2NS/c1-7(5-13)6-14-9-4-2-3-8(11)10(9)12/h2-4,6H,1H3. The normalized spacial score (nSPS) is 11.1. The third-order valence-corrected chi connectivity index (χ3v) is 3.45. The lowest BCUT2D eigenvalue weighted by Crippen LogP contribution is -1.74. The average Bonchev–Trinajstić information content (AvgIpc) is 2.20. The maximum atomic E-state index is 8.55. The highest BCUT2D eigenvalue weighted by Gasteiger charge is 2.02. The minimum atomic E-state index is 0.527. The minimum Gasteiger partial charge on any atom is -0.193 e. The van der Waals surface area contributed by atoms with Gasteiger partial charge in [0.25, 0.3) is 0 Å². The SMILES string of the molecule is CC(C#N)=CSc1cccc(Cl)c1Cl. The maximum absolute atomic E-state index is 8.55. The van der Waals surface area contributed by atoms with E-state index >= 15 is 0 Å². The summed E-state index contributed by atoms with van der Waals surface area (Å²) in [4.78, 5) is 0.855. The Bertz CT molecular complexity index is 407. The lowest BCUT2D eigenvalue weighted by Gasteiger charge is -2.01. The Balaban J connectivity index is 2.89. The third-order valence-electron chi connectivity index (χ3n) is 1.46. The molecule has 0 aromatic heterocycles. The van der Waals surface area contributed by atoms with Gasteiger partial charge in [0.1, 0.15) is 0 Å². The van der Waals surface area contributed by atoms with Crippen LogP contribution in [0.25, 0.3) is 0 Å². The molecule has 0 aliphatic carbocycles. The fourth-order valence-electron chi connectivity index (χ4n) is 0.753. The van der Waals surface area contributed by atoms with Crippen LogP contribution < -0.4 is 0 Å². The van der Waals surface area contributed by atoms with Gasteiger partial charge in [0.15, 0.2) is 0 Å². The van der Waals surface area contributed by atoms with Crippen molar-refractivity contribution in [3.05, 3.63) is 39.2 Å². The number of nitrogens with zero attached hydrogens (tertiary/aromatic N) is 1. The molecule has 0 N–H and O–H groups in total. The van der Waals surface area contributed by atoms with Crippen molar-refractivity contribution < 1.29 is 0 Å². The van der Waals surface area contributed by atoms with Crippen LogP contribution in [0.1, 0.15) is 6.92 Å². The van der Waals surface area contributed by atoms with E-state index in [0.717, 1.165) is 4.90 Å². The summed E-state index contributed by atoms with van der Waals surface area (Å²) in [6.07, 6.45) is 0. The van der Waals surface area contributed by atoms with Crippen LogP contribution >= 0.6 is 35.0 Å². The van der Waals surface area contributed by atoms with Crippen molar-refractivity contribution in [1.29, 1.82) is 5.26 Å². The molecule has 4 heteroatoms. The molecule has 0 saturated heterocycles. The van der Waals surface area contributed by atoms with Gasteiger partial charge in [-0.25, -0.2) is 0 Å². The molecule has 0 heterocycles. The molecule has 0 radical (unpaired) electrons. The molecule has 0 aliphatic heterocycles. The highest BCUT2D eigenvalue weighted by molar-refractivity contribution is 8.02. The summed E-state index contributed by atoms with van der Waals surface area (Å²) in [7, 11) is 0. The Morgan fingerprint density at radius 1 is 1.50 bits per heavy atom. The Morgan fingerprint density at radius 2 is 2.21 bits per heavy atom. The van der Waals surface area contributed by atoms with Gasteiger partial charge >= 0.3 is 0 Å². The first-order valence-electron chi connectivity index (χ1n) is 3.82. The van der Waals surface area contributed by atoms with Crippen LogP contribution in [-0.2, 0) is 0 Å². The zero-order valence-electron chi connectivity index (χ0n) is 7.42. The van der Waals surface area contributed by atoms with Gasteiger partial charge in [0.05, 0.1) is 16.1 Å². The van der Waals surface area contributed by atoms with Gasteiger partial charge in [-0.2, -0.15) is 5.26 Å². The first-order chi connectivity index (χ1) is 6.65. The quantitative estimate of drug-likeness (QED) is 0.564. The largest absolute Gasteiger partial charge is 0.193 e. The van der Waals surface area contributed by atoms with Gasteiger partial charge in [0, 0.05) is 10.5 Å². The third kappa shape index (κ3) is 2.95. The van der Waals surface area contributed by atoms with Gasteiger partial charge in [-0.05, 0) is 24.5 Å². The molecule has 1 rings (SSSR count). The zero-order chi connectivity index (χ0) is 10.6. The Labute approximate surface area is 97.3 Å². The minimum absolute atomic E-state index is 0.527. The van der Waals surface area contributed by atoms with Crippen molar-refractivity contribution in [2.24, 2.45) is 0 Å². The second kappa shape index (κ2) is 5.31. The summed E-state index contributed by atoms with van der Waals surface area (Å²) in [6.45, 7) is 1.74. The molecule has 0 unspecified atom stereocenters. The summed E-state index contributed by atoms with van der Waals surface area (Å²) in [6, 6.07) is 7.45. The highest BCUT2D eigenvalue weighted by atomic mass is 35.5. The summed E-state index contributed by atoms with van der Waals surface area (Å²) >= 11 is 13.2. The molecule has 0 fully saturated rings. The van der Waals surface area contributed by atoms with Gasteiger partial charge in [-0.3, -0.25) is 0 Å². The highest BCUT2D eigenvalue weighted by Crippen LogP contribution is 2.33. The van der Waals surface area contributed by atoms with Gasteiger partial charge in [0.2, 0.25) is 0 Å². The number of hydrogen-bond donors (Lipinski definition) is 0. The molecule has 0 bridgehead atoms. The Morgan fingerprint density at radius 3 is 2.86 bits per heavy atom. The predicted molar refractivity (Wildman–Crippen MR) is 61.7 cm³/mol. The van der Waals surface area contributed by atoms with E-state index in [-0.39, 0.29) is 0 Å². The monoisotopic (exact) mass is 243 g/mol. The fraction of sp³-hybridized carbons (Fsp3) is 0.100. The van der Waals surface area contributed by atoms with Crippen molar-refractivity contribution in [2.45, 2.75) is 11.8 Å². The number of halogens is 2. The van der Waals surface area contributed by atoms with Gasteiger partial charge in [-0.15, -0.1) is 0 Å². The lowest BCUT2D eigenvalue weighted by atomic mass is 10.4. The zero-order valence-corrected chi connectivity index (χ0v) is 9.75. The number of thioether (sulfide) groups is 1. The fourth-order valence-corrected chi connectivity index (χ4v) is 1.97. The number of nitriles is 1. The van der Waals surface area contributed by atoms with E-state index in [1.54, 1.807) is 18.4 Å². The summed E-state index contributed by atoms with van der Waals surface area (Å²) in [5.41, 5.74) is 0.644. The molecule has 14 heavy (non-hydrogen) atoms.